The molecule has 1 fully saturated rings. The van der Waals surface area contributed by atoms with Gasteiger partial charge in [0.2, 0.25) is 0 Å². The molecule has 2 aromatic rings. The molecule has 1 atom stereocenters. The third kappa shape index (κ3) is 2.51. The fourth-order valence-electron chi connectivity index (χ4n) is 2.96. The second kappa shape index (κ2) is 5.23. The first-order valence-corrected chi connectivity index (χ1v) is 7.61. The summed E-state index contributed by atoms with van der Waals surface area (Å²) in [5.74, 6) is 1.47. The molecular formula is C15H22N6O. The predicted molar refractivity (Wildman–Crippen MR) is 81.4 cm³/mol. The number of hydrogen-bond donors (Lipinski definition) is 2. The molecule has 0 spiro atoms. The smallest absolute Gasteiger partial charge is 0.257 e. The summed E-state index contributed by atoms with van der Waals surface area (Å²) in [6.07, 6.45) is 3.49. The molecule has 0 aromatic carbocycles. The van der Waals surface area contributed by atoms with Crippen molar-refractivity contribution in [2.75, 3.05) is 6.54 Å². The number of nitrogens with zero attached hydrogens (tertiary/aromatic N) is 4. The number of carbonyl (C=O) groups is 1. The van der Waals surface area contributed by atoms with Gasteiger partial charge in [0, 0.05) is 12.0 Å². The molecule has 0 radical (unpaired) electrons. The number of hydrogen-bond acceptors (Lipinski definition) is 4. The van der Waals surface area contributed by atoms with E-state index in [0.717, 1.165) is 30.9 Å². The summed E-state index contributed by atoms with van der Waals surface area (Å²) in [6.45, 7) is 8.80. The number of rotatable bonds is 2. The molecule has 3 rings (SSSR count). The molecule has 2 aromatic heterocycles. The van der Waals surface area contributed by atoms with Crippen molar-refractivity contribution in [1.82, 2.24) is 30.3 Å². The van der Waals surface area contributed by atoms with Crippen LogP contribution in [0.15, 0.2) is 6.20 Å². The van der Waals surface area contributed by atoms with Crippen LogP contribution in [0.3, 0.4) is 0 Å². The maximum Gasteiger partial charge on any atom is 0.257 e. The summed E-state index contributed by atoms with van der Waals surface area (Å²) >= 11 is 0. The van der Waals surface area contributed by atoms with Gasteiger partial charge in [-0.25, -0.2) is 4.98 Å². The third-order valence-electron chi connectivity index (χ3n) is 4.05. The van der Waals surface area contributed by atoms with Crippen LogP contribution in [0.2, 0.25) is 0 Å². The SMILES string of the molecule is Cc1nc([C@@H]2CCCN2C(=O)c2cn[nH]c2C(C)(C)C)n[nH]1. The summed E-state index contributed by atoms with van der Waals surface area (Å²) in [5, 5.41) is 14.1. The van der Waals surface area contributed by atoms with E-state index < -0.39 is 0 Å². The van der Waals surface area contributed by atoms with E-state index in [1.54, 1.807) is 6.20 Å². The van der Waals surface area contributed by atoms with E-state index in [-0.39, 0.29) is 17.4 Å². The Morgan fingerprint density at radius 1 is 1.36 bits per heavy atom. The Labute approximate surface area is 129 Å². The monoisotopic (exact) mass is 302 g/mol. The van der Waals surface area contributed by atoms with Crippen molar-refractivity contribution < 1.29 is 4.79 Å². The number of carbonyl (C=O) groups excluding carboxylic acids is 1. The van der Waals surface area contributed by atoms with Crippen LogP contribution in [0, 0.1) is 6.92 Å². The van der Waals surface area contributed by atoms with E-state index in [4.69, 9.17) is 0 Å². The Morgan fingerprint density at radius 2 is 2.14 bits per heavy atom. The van der Waals surface area contributed by atoms with Crippen molar-refractivity contribution in [1.29, 1.82) is 0 Å². The Morgan fingerprint density at radius 3 is 2.77 bits per heavy atom. The molecule has 1 aliphatic rings. The molecule has 7 heteroatoms. The lowest BCUT2D eigenvalue weighted by atomic mass is 9.89. The van der Waals surface area contributed by atoms with Crippen molar-refractivity contribution in [3.63, 3.8) is 0 Å². The number of aryl methyl sites for hydroxylation is 1. The molecule has 22 heavy (non-hydrogen) atoms. The molecule has 1 aliphatic heterocycles. The van der Waals surface area contributed by atoms with Gasteiger partial charge in [0.05, 0.1) is 23.5 Å². The minimum atomic E-state index is -0.155. The number of H-pyrrole nitrogens is 2. The molecule has 7 nitrogen and oxygen atoms in total. The van der Waals surface area contributed by atoms with Gasteiger partial charge in [-0.15, -0.1) is 0 Å². The first-order chi connectivity index (χ1) is 10.4. The standard InChI is InChI=1S/C15H22N6O/c1-9-17-13(20-18-9)11-6-5-7-21(11)14(22)10-8-16-19-12(10)15(2,3)4/h8,11H,5-7H2,1-4H3,(H,16,19)(H,17,18,20)/t11-/m0/s1. The van der Waals surface area contributed by atoms with Crippen molar-refractivity contribution >= 4 is 5.91 Å². The van der Waals surface area contributed by atoms with Gasteiger partial charge in [-0.05, 0) is 19.8 Å². The van der Waals surface area contributed by atoms with Gasteiger partial charge < -0.3 is 4.90 Å². The summed E-state index contributed by atoms with van der Waals surface area (Å²) in [7, 11) is 0. The molecule has 2 N–H and O–H groups in total. The van der Waals surface area contributed by atoms with Crippen molar-refractivity contribution in [2.24, 2.45) is 0 Å². The van der Waals surface area contributed by atoms with Gasteiger partial charge in [0.25, 0.3) is 5.91 Å². The number of nitrogens with one attached hydrogen (secondary N) is 2. The second-order valence-corrected chi connectivity index (χ2v) is 6.84. The zero-order chi connectivity index (χ0) is 15.9. The molecular weight excluding hydrogens is 280 g/mol. The lowest BCUT2D eigenvalue weighted by Crippen LogP contribution is -2.32. The van der Waals surface area contributed by atoms with E-state index in [0.29, 0.717) is 11.4 Å². The van der Waals surface area contributed by atoms with Crippen LogP contribution in [0.1, 0.15) is 67.4 Å². The normalized spacial score (nSPS) is 18.9. The third-order valence-corrected chi connectivity index (χ3v) is 4.05. The first kappa shape index (κ1) is 14.7. The zero-order valence-electron chi connectivity index (χ0n) is 13.5. The van der Waals surface area contributed by atoms with Crippen molar-refractivity contribution in [3.8, 4) is 0 Å². The van der Waals surface area contributed by atoms with Gasteiger partial charge in [0.1, 0.15) is 5.82 Å². The van der Waals surface area contributed by atoms with Crippen LogP contribution in [0.25, 0.3) is 0 Å². The lowest BCUT2D eigenvalue weighted by Gasteiger charge is -2.24. The van der Waals surface area contributed by atoms with Crippen LogP contribution in [-0.2, 0) is 5.41 Å². The molecule has 0 aliphatic carbocycles. The van der Waals surface area contributed by atoms with Crippen LogP contribution in [0.5, 0.6) is 0 Å². The molecule has 118 valence electrons. The summed E-state index contributed by atoms with van der Waals surface area (Å²) < 4.78 is 0. The summed E-state index contributed by atoms with van der Waals surface area (Å²) in [5.41, 5.74) is 1.36. The van der Waals surface area contributed by atoms with Crippen molar-refractivity contribution in [2.45, 2.75) is 52.0 Å². The van der Waals surface area contributed by atoms with Crippen molar-refractivity contribution in [3.05, 3.63) is 29.1 Å². The quantitative estimate of drug-likeness (QED) is 0.889. The number of amides is 1. The maximum atomic E-state index is 13.0. The first-order valence-electron chi connectivity index (χ1n) is 7.61. The van der Waals surface area contributed by atoms with Gasteiger partial charge in [-0.3, -0.25) is 15.0 Å². The Balaban J connectivity index is 1.90. The lowest BCUT2D eigenvalue weighted by molar-refractivity contribution is 0.0727. The molecule has 0 unspecified atom stereocenters. The van der Waals surface area contributed by atoms with E-state index in [1.165, 1.54) is 0 Å². The van der Waals surface area contributed by atoms with Gasteiger partial charge in [0.15, 0.2) is 5.82 Å². The highest BCUT2D eigenvalue weighted by molar-refractivity contribution is 5.95. The highest BCUT2D eigenvalue weighted by atomic mass is 16.2. The minimum absolute atomic E-state index is 0.00336. The van der Waals surface area contributed by atoms with Crippen LogP contribution in [-0.4, -0.2) is 42.7 Å². The summed E-state index contributed by atoms with van der Waals surface area (Å²) in [6, 6.07) is -0.0554. The highest BCUT2D eigenvalue weighted by Gasteiger charge is 2.35. The molecule has 0 saturated carbocycles. The maximum absolute atomic E-state index is 13.0. The Hall–Kier alpha value is -2.18. The topological polar surface area (TPSA) is 90.6 Å². The predicted octanol–water partition coefficient (Wildman–Crippen LogP) is 2.11. The van der Waals surface area contributed by atoms with Gasteiger partial charge in [-0.1, -0.05) is 20.8 Å². The average Bonchev–Trinajstić information content (AvgIpc) is 3.16. The van der Waals surface area contributed by atoms with E-state index in [2.05, 4.69) is 46.1 Å². The Bertz CT molecular complexity index is 680. The van der Waals surface area contributed by atoms with E-state index >= 15 is 0 Å². The summed E-state index contributed by atoms with van der Waals surface area (Å²) in [4.78, 5) is 19.2. The minimum Gasteiger partial charge on any atom is -0.328 e. The fraction of sp³-hybridized carbons (Fsp3) is 0.600. The highest BCUT2D eigenvalue weighted by Crippen LogP contribution is 2.33. The van der Waals surface area contributed by atoms with Gasteiger partial charge >= 0.3 is 0 Å². The molecule has 0 bridgehead atoms. The number of aromatic amines is 2. The number of aromatic nitrogens is 5. The number of likely N-dealkylation sites (tertiary alicyclic amines) is 1. The van der Waals surface area contributed by atoms with Crippen LogP contribution in [0.4, 0.5) is 0 Å². The van der Waals surface area contributed by atoms with E-state index in [9.17, 15) is 4.79 Å². The second-order valence-electron chi connectivity index (χ2n) is 6.84. The molecule has 1 amide bonds. The molecule has 1 saturated heterocycles. The average molecular weight is 302 g/mol. The Kier molecular flexibility index (Phi) is 3.50. The van der Waals surface area contributed by atoms with E-state index in [1.807, 2.05) is 11.8 Å². The van der Waals surface area contributed by atoms with Crippen LogP contribution < -0.4 is 0 Å². The zero-order valence-corrected chi connectivity index (χ0v) is 13.5. The molecule has 3 heterocycles. The fourth-order valence-corrected chi connectivity index (χ4v) is 2.96. The largest absolute Gasteiger partial charge is 0.328 e. The van der Waals surface area contributed by atoms with Gasteiger partial charge in [-0.2, -0.15) is 10.2 Å². The van der Waals surface area contributed by atoms with Crippen LogP contribution >= 0.6 is 0 Å².